The first kappa shape index (κ1) is 16.4. The van der Waals surface area contributed by atoms with Crippen LogP contribution < -0.4 is 14.2 Å². The van der Waals surface area contributed by atoms with Crippen molar-refractivity contribution in [1.29, 1.82) is 0 Å². The van der Waals surface area contributed by atoms with Gasteiger partial charge in [0.05, 0.1) is 0 Å². The number of hydrogen-bond donors (Lipinski definition) is 0. The minimum atomic E-state index is -0.372. The Bertz CT molecular complexity index is 836. The molecule has 140 valence electrons. The average Bonchev–Trinajstić information content (AvgIpc) is 3.34. The largest absolute Gasteiger partial charge is 0.480 e. The Morgan fingerprint density at radius 3 is 2.63 bits per heavy atom. The fraction of sp³-hybridized carbons (Fsp3) is 0.381. The quantitative estimate of drug-likeness (QED) is 0.832. The van der Waals surface area contributed by atoms with Crippen LogP contribution in [0.3, 0.4) is 0 Å². The lowest BCUT2D eigenvalue weighted by molar-refractivity contribution is -0.139. The number of fused-ring (bicyclic) bond motifs is 2. The lowest BCUT2D eigenvalue weighted by Crippen LogP contribution is -2.51. The van der Waals surface area contributed by atoms with Crippen molar-refractivity contribution in [3.63, 3.8) is 0 Å². The van der Waals surface area contributed by atoms with Crippen molar-refractivity contribution in [3.05, 3.63) is 53.6 Å². The van der Waals surface area contributed by atoms with Gasteiger partial charge in [0.1, 0.15) is 5.75 Å². The molecule has 0 saturated carbocycles. The first-order chi connectivity index (χ1) is 13.3. The SMILES string of the molecule is O=C([C@@H]1Cc2ccccc2O1)N1CCN(Cc2ccc3c(c2)OCO3)CC1. The van der Waals surface area contributed by atoms with Gasteiger partial charge in [-0.25, -0.2) is 0 Å². The number of carbonyl (C=O) groups excluding carboxylic acids is 1. The van der Waals surface area contributed by atoms with Gasteiger partial charge in [0.2, 0.25) is 6.79 Å². The van der Waals surface area contributed by atoms with Crippen LogP contribution in [0.4, 0.5) is 0 Å². The van der Waals surface area contributed by atoms with Crippen LogP contribution in [0.15, 0.2) is 42.5 Å². The molecular formula is C21H22N2O4. The monoisotopic (exact) mass is 366 g/mol. The number of nitrogens with zero attached hydrogens (tertiary/aromatic N) is 2. The normalized spacial score (nSPS) is 21.0. The standard InChI is InChI=1S/C21H22N2O4/c24-21(20-12-16-3-1-2-4-17(16)27-20)23-9-7-22(8-10-23)13-15-5-6-18-19(11-15)26-14-25-18/h1-6,11,20H,7-10,12-14H2/t20-/m0/s1. The first-order valence-electron chi connectivity index (χ1n) is 9.40. The van der Waals surface area contributed by atoms with Gasteiger partial charge >= 0.3 is 0 Å². The second kappa shape index (κ2) is 6.78. The van der Waals surface area contributed by atoms with E-state index >= 15 is 0 Å². The van der Waals surface area contributed by atoms with Gasteiger partial charge in [0.15, 0.2) is 17.6 Å². The van der Waals surface area contributed by atoms with Crippen LogP contribution in [0, 0.1) is 0 Å². The molecule has 2 aromatic carbocycles. The molecule has 0 spiro atoms. The molecule has 1 saturated heterocycles. The molecule has 0 N–H and O–H groups in total. The zero-order chi connectivity index (χ0) is 18.2. The van der Waals surface area contributed by atoms with E-state index in [9.17, 15) is 4.79 Å². The molecule has 1 fully saturated rings. The number of hydrogen-bond acceptors (Lipinski definition) is 5. The van der Waals surface area contributed by atoms with Gasteiger partial charge in [0, 0.05) is 39.1 Å². The Balaban J connectivity index is 1.16. The van der Waals surface area contributed by atoms with Gasteiger partial charge in [-0.05, 0) is 29.3 Å². The minimum absolute atomic E-state index is 0.105. The number of carbonyl (C=O) groups is 1. The Morgan fingerprint density at radius 1 is 0.963 bits per heavy atom. The summed E-state index contributed by atoms with van der Waals surface area (Å²) in [5.41, 5.74) is 2.32. The van der Waals surface area contributed by atoms with Crippen LogP contribution in [-0.4, -0.2) is 54.8 Å². The highest BCUT2D eigenvalue weighted by atomic mass is 16.7. The zero-order valence-corrected chi connectivity index (χ0v) is 15.1. The summed E-state index contributed by atoms with van der Waals surface area (Å²) in [5.74, 6) is 2.58. The van der Waals surface area contributed by atoms with E-state index in [-0.39, 0.29) is 12.0 Å². The van der Waals surface area contributed by atoms with Crippen molar-refractivity contribution in [3.8, 4) is 17.2 Å². The highest BCUT2D eigenvalue weighted by molar-refractivity contribution is 5.82. The third-order valence-electron chi connectivity index (χ3n) is 5.45. The highest BCUT2D eigenvalue weighted by Crippen LogP contribution is 2.33. The molecule has 0 aliphatic carbocycles. The molecule has 3 heterocycles. The zero-order valence-electron chi connectivity index (χ0n) is 15.1. The van der Waals surface area contributed by atoms with E-state index in [0.29, 0.717) is 13.2 Å². The maximum Gasteiger partial charge on any atom is 0.264 e. The predicted molar refractivity (Wildman–Crippen MR) is 99.0 cm³/mol. The highest BCUT2D eigenvalue weighted by Gasteiger charge is 2.33. The molecule has 5 rings (SSSR count). The van der Waals surface area contributed by atoms with Gasteiger partial charge in [-0.1, -0.05) is 24.3 Å². The molecular weight excluding hydrogens is 344 g/mol. The molecule has 3 aliphatic rings. The van der Waals surface area contributed by atoms with E-state index in [4.69, 9.17) is 14.2 Å². The minimum Gasteiger partial charge on any atom is -0.480 e. The van der Waals surface area contributed by atoms with Crippen molar-refractivity contribution < 1.29 is 19.0 Å². The lowest BCUT2D eigenvalue weighted by Gasteiger charge is -2.35. The summed E-state index contributed by atoms with van der Waals surface area (Å²) in [4.78, 5) is 17.1. The van der Waals surface area contributed by atoms with Crippen molar-refractivity contribution in [2.45, 2.75) is 19.1 Å². The Labute approximate surface area is 158 Å². The van der Waals surface area contributed by atoms with Crippen molar-refractivity contribution >= 4 is 5.91 Å². The van der Waals surface area contributed by atoms with E-state index in [0.717, 1.165) is 55.5 Å². The second-order valence-electron chi connectivity index (χ2n) is 7.21. The van der Waals surface area contributed by atoms with E-state index in [1.54, 1.807) is 0 Å². The number of para-hydroxylation sites is 1. The Kier molecular flexibility index (Phi) is 4.13. The van der Waals surface area contributed by atoms with Crippen molar-refractivity contribution in [1.82, 2.24) is 9.80 Å². The van der Waals surface area contributed by atoms with Crippen LogP contribution in [0.2, 0.25) is 0 Å². The fourth-order valence-corrected chi connectivity index (χ4v) is 3.95. The topological polar surface area (TPSA) is 51.2 Å². The number of rotatable bonds is 3. The van der Waals surface area contributed by atoms with Gasteiger partial charge in [0.25, 0.3) is 5.91 Å². The molecule has 2 aromatic rings. The lowest BCUT2D eigenvalue weighted by atomic mass is 10.1. The number of benzene rings is 2. The number of piperazine rings is 1. The fourth-order valence-electron chi connectivity index (χ4n) is 3.95. The van der Waals surface area contributed by atoms with E-state index in [2.05, 4.69) is 11.0 Å². The van der Waals surface area contributed by atoms with Crippen molar-refractivity contribution in [2.24, 2.45) is 0 Å². The third-order valence-corrected chi connectivity index (χ3v) is 5.45. The molecule has 0 bridgehead atoms. The van der Waals surface area contributed by atoms with Gasteiger partial charge in [-0.2, -0.15) is 0 Å². The van der Waals surface area contributed by atoms with Gasteiger partial charge in [-0.15, -0.1) is 0 Å². The van der Waals surface area contributed by atoms with Crippen LogP contribution in [-0.2, 0) is 17.8 Å². The van der Waals surface area contributed by atoms with Crippen LogP contribution in [0.5, 0.6) is 17.2 Å². The Morgan fingerprint density at radius 2 is 1.78 bits per heavy atom. The second-order valence-corrected chi connectivity index (χ2v) is 7.21. The van der Waals surface area contributed by atoms with E-state index in [1.807, 2.05) is 41.3 Å². The maximum atomic E-state index is 12.8. The maximum absolute atomic E-state index is 12.8. The number of ether oxygens (including phenoxy) is 3. The van der Waals surface area contributed by atoms with Gasteiger partial charge in [-0.3, -0.25) is 9.69 Å². The third kappa shape index (κ3) is 3.21. The summed E-state index contributed by atoms with van der Waals surface area (Å²) in [5, 5.41) is 0. The molecule has 3 aliphatic heterocycles. The van der Waals surface area contributed by atoms with Crippen LogP contribution in [0.1, 0.15) is 11.1 Å². The summed E-state index contributed by atoms with van der Waals surface area (Å²) >= 11 is 0. The smallest absolute Gasteiger partial charge is 0.264 e. The van der Waals surface area contributed by atoms with Crippen LogP contribution in [0.25, 0.3) is 0 Å². The predicted octanol–water partition coefficient (Wildman–Crippen LogP) is 2.06. The first-order valence-corrected chi connectivity index (χ1v) is 9.40. The summed E-state index contributed by atoms with van der Waals surface area (Å²) in [6, 6.07) is 14.0. The summed E-state index contributed by atoms with van der Waals surface area (Å²) in [7, 11) is 0. The molecule has 1 amide bonds. The molecule has 1 atom stereocenters. The molecule has 6 heteroatoms. The van der Waals surface area contributed by atoms with E-state index in [1.165, 1.54) is 5.56 Å². The number of amides is 1. The molecule has 0 aromatic heterocycles. The van der Waals surface area contributed by atoms with Gasteiger partial charge < -0.3 is 19.1 Å². The molecule has 6 nitrogen and oxygen atoms in total. The van der Waals surface area contributed by atoms with Crippen LogP contribution >= 0.6 is 0 Å². The summed E-state index contributed by atoms with van der Waals surface area (Å²) < 4.78 is 16.7. The Hall–Kier alpha value is -2.73. The average molecular weight is 366 g/mol. The molecule has 0 radical (unpaired) electrons. The molecule has 0 unspecified atom stereocenters. The van der Waals surface area contributed by atoms with E-state index < -0.39 is 0 Å². The van der Waals surface area contributed by atoms with Crippen molar-refractivity contribution in [2.75, 3.05) is 33.0 Å². The summed E-state index contributed by atoms with van der Waals surface area (Å²) in [6.45, 7) is 4.34. The summed E-state index contributed by atoms with van der Waals surface area (Å²) in [6.07, 6.45) is 0.301. The molecule has 27 heavy (non-hydrogen) atoms.